The van der Waals surface area contributed by atoms with Crippen LogP contribution in [0.15, 0.2) is 42.5 Å². The van der Waals surface area contributed by atoms with Gasteiger partial charge in [0.15, 0.2) is 0 Å². The highest BCUT2D eigenvalue weighted by Crippen LogP contribution is 2.32. The summed E-state index contributed by atoms with van der Waals surface area (Å²) in [5.74, 6) is 0.696. The highest BCUT2D eigenvalue weighted by atomic mass is 35.5. The van der Waals surface area contributed by atoms with E-state index in [0.29, 0.717) is 27.2 Å². The van der Waals surface area contributed by atoms with Crippen molar-refractivity contribution in [3.63, 3.8) is 0 Å². The van der Waals surface area contributed by atoms with Crippen molar-refractivity contribution in [2.75, 3.05) is 11.2 Å². The van der Waals surface area contributed by atoms with E-state index < -0.39 is 0 Å². The number of alkyl halides is 1. The van der Waals surface area contributed by atoms with Gasteiger partial charge in [-0.15, -0.1) is 11.6 Å². The molecule has 0 atom stereocenters. The molecule has 2 aromatic carbocycles. The number of rotatable bonds is 4. The van der Waals surface area contributed by atoms with Gasteiger partial charge < -0.3 is 10.1 Å². The minimum absolute atomic E-state index is 0.110. The Balaban J connectivity index is 2.13. The van der Waals surface area contributed by atoms with Crippen LogP contribution in [0.25, 0.3) is 0 Å². The first-order chi connectivity index (χ1) is 9.58. The van der Waals surface area contributed by atoms with Crippen molar-refractivity contribution in [1.29, 1.82) is 0 Å². The number of halogens is 3. The average molecular weight is 331 g/mol. The Morgan fingerprint density at radius 2 is 1.80 bits per heavy atom. The third-order valence-electron chi connectivity index (χ3n) is 2.38. The normalized spacial score (nSPS) is 10.2. The predicted molar refractivity (Wildman–Crippen MR) is 82.3 cm³/mol. The van der Waals surface area contributed by atoms with Crippen molar-refractivity contribution in [1.82, 2.24) is 0 Å². The van der Waals surface area contributed by atoms with E-state index in [9.17, 15) is 4.79 Å². The standard InChI is InChI=1S/C14H10Cl3NO2/c15-8-14(19)18-10-3-6-13(12(17)7-10)20-11-4-1-9(16)2-5-11/h1-7H,8H2,(H,18,19). The van der Waals surface area contributed by atoms with E-state index in [-0.39, 0.29) is 11.8 Å². The van der Waals surface area contributed by atoms with Crippen LogP contribution in [0.1, 0.15) is 0 Å². The molecule has 2 rings (SSSR count). The molecule has 0 unspecified atom stereocenters. The average Bonchev–Trinajstić information content (AvgIpc) is 2.44. The summed E-state index contributed by atoms with van der Waals surface area (Å²) in [5.41, 5.74) is 0.559. The van der Waals surface area contributed by atoms with Gasteiger partial charge in [0.1, 0.15) is 17.4 Å². The van der Waals surface area contributed by atoms with Crippen LogP contribution < -0.4 is 10.1 Å². The number of benzene rings is 2. The second-order valence-corrected chi connectivity index (χ2v) is 4.99. The van der Waals surface area contributed by atoms with Crippen LogP contribution in [0.2, 0.25) is 10.0 Å². The zero-order valence-electron chi connectivity index (χ0n) is 10.2. The Labute approximate surface area is 131 Å². The van der Waals surface area contributed by atoms with E-state index in [0.717, 1.165) is 0 Å². The van der Waals surface area contributed by atoms with Crippen LogP contribution in [0, 0.1) is 0 Å². The lowest BCUT2D eigenvalue weighted by Gasteiger charge is -2.09. The molecular formula is C14H10Cl3NO2. The van der Waals surface area contributed by atoms with Crippen molar-refractivity contribution in [2.45, 2.75) is 0 Å². The number of amides is 1. The SMILES string of the molecule is O=C(CCl)Nc1ccc(Oc2ccc(Cl)cc2)c(Cl)c1. The number of ether oxygens (including phenoxy) is 1. The maximum atomic E-state index is 11.2. The quantitative estimate of drug-likeness (QED) is 0.804. The van der Waals surface area contributed by atoms with Crippen molar-refractivity contribution in [3.8, 4) is 11.5 Å². The molecule has 104 valence electrons. The second-order valence-electron chi connectivity index (χ2n) is 3.88. The molecule has 0 aromatic heterocycles. The zero-order valence-corrected chi connectivity index (χ0v) is 12.5. The first-order valence-corrected chi connectivity index (χ1v) is 6.96. The fraction of sp³-hybridized carbons (Fsp3) is 0.0714. The van der Waals surface area contributed by atoms with E-state index in [2.05, 4.69) is 5.32 Å². The van der Waals surface area contributed by atoms with Crippen LogP contribution >= 0.6 is 34.8 Å². The van der Waals surface area contributed by atoms with Crippen LogP contribution in [0.4, 0.5) is 5.69 Å². The minimum atomic E-state index is -0.297. The molecule has 0 bridgehead atoms. The Morgan fingerprint density at radius 3 is 2.40 bits per heavy atom. The minimum Gasteiger partial charge on any atom is -0.456 e. The molecule has 0 saturated heterocycles. The van der Waals surface area contributed by atoms with Crippen molar-refractivity contribution >= 4 is 46.4 Å². The van der Waals surface area contributed by atoms with Gasteiger partial charge >= 0.3 is 0 Å². The van der Waals surface area contributed by atoms with Crippen LogP contribution in [0.5, 0.6) is 11.5 Å². The van der Waals surface area contributed by atoms with Crippen LogP contribution in [-0.2, 0) is 4.79 Å². The summed E-state index contributed by atoms with van der Waals surface area (Å²) in [6, 6.07) is 11.9. The summed E-state index contributed by atoms with van der Waals surface area (Å²) in [5, 5.41) is 3.61. The van der Waals surface area contributed by atoms with Gasteiger partial charge in [0, 0.05) is 10.7 Å². The first-order valence-electron chi connectivity index (χ1n) is 5.67. The molecule has 1 amide bonds. The zero-order chi connectivity index (χ0) is 14.5. The van der Waals surface area contributed by atoms with Crippen molar-refractivity contribution < 1.29 is 9.53 Å². The van der Waals surface area contributed by atoms with Crippen molar-refractivity contribution in [3.05, 3.63) is 52.5 Å². The highest BCUT2D eigenvalue weighted by Gasteiger charge is 2.06. The fourth-order valence-electron chi connectivity index (χ4n) is 1.49. The van der Waals surface area contributed by atoms with Gasteiger partial charge in [-0.05, 0) is 42.5 Å². The van der Waals surface area contributed by atoms with Gasteiger partial charge in [0.25, 0.3) is 0 Å². The smallest absolute Gasteiger partial charge is 0.239 e. The van der Waals surface area contributed by atoms with E-state index >= 15 is 0 Å². The molecule has 1 N–H and O–H groups in total. The lowest BCUT2D eigenvalue weighted by atomic mass is 10.3. The monoisotopic (exact) mass is 329 g/mol. The van der Waals surface area contributed by atoms with E-state index in [1.807, 2.05) is 0 Å². The van der Waals surface area contributed by atoms with Gasteiger partial charge in [-0.3, -0.25) is 4.79 Å². The molecule has 6 heteroatoms. The molecule has 0 aliphatic rings. The Kier molecular flexibility index (Phi) is 5.12. The summed E-state index contributed by atoms with van der Waals surface area (Å²) < 4.78 is 5.62. The lowest BCUT2D eigenvalue weighted by molar-refractivity contribution is -0.113. The van der Waals surface area contributed by atoms with Crippen LogP contribution in [0.3, 0.4) is 0 Å². The van der Waals surface area contributed by atoms with Gasteiger partial charge in [-0.1, -0.05) is 23.2 Å². The molecule has 0 fully saturated rings. The summed E-state index contributed by atoms with van der Waals surface area (Å²) in [7, 11) is 0. The number of anilines is 1. The van der Waals surface area contributed by atoms with Gasteiger partial charge in [-0.25, -0.2) is 0 Å². The molecular weight excluding hydrogens is 321 g/mol. The Bertz CT molecular complexity index is 614. The number of hydrogen-bond acceptors (Lipinski definition) is 2. The third-order valence-corrected chi connectivity index (χ3v) is 3.17. The number of carbonyl (C=O) groups excluding carboxylic acids is 1. The summed E-state index contributed by atoms with van der Waals surface area (Å²) in [6.45, 7) is 0. The largest absolute Gasteiger partial charge is 0.456 e. The third kappa shape index (κ3) is 4.04. The van der Waals surface area contributed by atoms with Gasteiger partial charge in [-0.2, -0.15) is 0 Å². The summed E-state index contributed by atoms with van der Waals surface area (Å²) >= 11 is 17.3. The molecule has 0 aliphatic carbocycles. The van der Waals surface area contributed by atoms with E-state index in [1.54, 1.807) is 42.5 Å². The number of nitrogens with one attached hydrogen (secondary N) is 1. The Morgan fingerprint density at radius 1 is 1.10 bits per heavy atom. The molecule has 2 aromatic rings. The molecule has 0 radical (unpaired) electrons. The molecule has 3 nitrogen and oxygen atoms in total. The first kappa shape index (κ1) is 15.0. The highest BCUT2D eigenvalue weighted by molar-refractivity contribution is 6.32. The Hall–Kier alpha value is -1.42. The van der Waals surface area contributed by atoms with Gasteiger partial charge in [0.2, 0.25) is 5.91 Å². The lowest BCUT2D eigenvalue weighted by Crippen LogP contribution is -2.12. The van der Waals surface area contributed by atoms with Crippen LogP contribution in [-0.4, -0.2) is 11.8 Å². The number of carbonyl (C=O) groups is 1. The number of hydrogen-bond donors (Lipinski definition) is 1. The van der Waals surface area contributed by atoms with Crippen molar-refractivity contribution in [2.24, 2.45) is 0 Å². The predicted octanol–water partition coefficient (Wildman–Crippen LogP) is 4.96. The topological polar surface area (TPSA) is 38.3 Å². The molecule has 0 spiro atoms. The van der Waals surface area contributed by atoms with E-state index in [4.69, 9.17) is 39.5 Å². The fourth-order valence-corrected chi connectivity index (χ4v) is 1.90. The van der Waals surface area contributed by atoms with Gasteiger partial charge in [0.05, 0.1) is 5.02 Å². The molecule has 0 heterocycles. The molecule has 0 aliphatic heterocycles. The maximum absolute atomic E-state index is 11.2. The molecule has 0 saturated carbocycles. The molecule has 20 heavy (non-hydrogen) atoms. The maximum Gasteiger partial charge on any atom is 0.239 e. The summed E-state index contributed by atoms with van der Waals surface area (Å²) in [6.07, 6.45) is 0. The van der Waals surface area contributed by atoms with E-state index in [1.165, 1.54) is 0 Å². The summed E-state index contributed by atoms with van der Waals surface area (Å²) in [4.78, 5) is 11.2. The second kappa shape index (κ2) is 6.84.